The fourth-order valence-electron chi connectivity index (χ4n) is 2.01. The minimum Gasteiger partial charge on any atom is -0.496 e. The number of rotatable bonds is 5. The van der Waals surface area contributed by atoms with Crippen molar-refractivity contribution in [1.82, 2.24) is 4.90 Å². The maximum absolute atomic E-state index is 5.74. The molecule has 0 radical (unpaired) electrons. The molecule has 4 nitrogen and oxygen atoms in total. The molecule has 0 aliphatic carbocycles. The van der Waals surface area contributed by atoms with E-state index in [4.69, 9.17) is 14.2 Å². The monoisotopic (exact) mass is 251 g/mol. The average molecular weight is 251 g/mol. The molecule has 0 amide bonds. The summed E-state index contributed by atoms with van der Waals surface area (Å²) in [6.07, 6.45) is 0. The van der Waals surface area contributed by atoms with Crippen LogP contribution < -0.4 is 9.47 Å². The molecule has 1 aromatic carbocycles. The van der Waals surface area contributed by atoms with E-state index in [1.807, 2.05) is 25.1 Å². The highest BCUT2D eigenvalue weighted by Crippen LogP contribution is 2.23. The molecule has 0 N–H and O–H groups in total. The van der Waals surface area contributed by atoms with E-state index >= 15 is 0 Å². The summed E-state index contributed by atoms with van der Waals surface area (Å²) < 4.78 is 16.3. The summed E-state index contributed by atoms with van der Waals surface area (Å²) in [5.41, 5.74) is 1.12. The Labute approximate surface area is 108 Å². The first-order valence-electron chi connectivity index (χ1n) is 6.37. The Balaban J connectivity index is 1.79. The molecule has 0 bridgehead atoms. The summed E-state index contributed by atoms with van der Waals surface area (Å²) in [7, 11) is 1.68. The molecule has 18 heavy (non-hydrogen) atoms. The second kappa shape index (κ2) is 6.61. The molecule has 100 valence electrons. The Morgan fingerprint density at radius 1 is 1.28 bits per heavy atom. The van der Waals surface area contributed by atoms with Gasteiger partial charge in [-0.1, -0.05) is 6.07 Å². The van der Waals surface area contributed by atoms with E-state index in [9.17, 15) is 0 Å². The third-order valence-corrected chi connectivity index (χ3v) is 3.16. The fourth-order valence-corrected chi connectivity index (χ4v) is 2.01. The van der Waals surface area contributed by atoms with Gasteiger partial charge in [0.25, 0.3) is 0 Å². The Morgan fingerprint density at radius 2 is 2.06 bits per heavy atom. The van der Waals surface area contributed by atoms with Crippen molar-refractivity contribution in [3.63, 3.8) is 0 Å². The highest BCUT2D eigenvalue weighted by molar-refractivity contribution is 5.39. The molecule has 1 saturated heterocycles. The zero-order chi connectivity index (χ0) is 12.8. The summed E-state index contributed by atoms with van der Waals surface area (Å²) in [6, 6.07) is 5.94. The van der Waals surface area contributed by atoms with Gasteiger partial charge in [0.05, 0.1) is 20.3 Å². The number of morpholine rings is 1. The second-order valence-corrected chi connectivity index (χ2v) is 4.43. The molecular formula is C14H21NO3. The summed E-state index contributed by atoms with van der Waals surface area (Å²) in [5, 5.41) is 0. The Bertz CT molecular complexity index is 375. The van der Waals surface area contributed by atoms with E-state index in [0.29, 0.717) is 6.61 Å². The van der Waals surface area contributed by atoms with Gasteiger partial charge in [-0.15, -0.1) is 0 Å². The molecule has 0 saturated carbocycles. The molecule has 1 fully saturated rings. The minimum absolute atomic E-state index is 0.701. The Kier molecular flexibility index (Phi) is 4.84. The zero-order valence-corrected chi connectivity index (χ0v) is 11.1. The lowest BCUT2D eigenvalue weighted by Gasteiger charge is -2.26. The molecule has 2 rings (SSSR count). The number of nitrogens with zero attached hydrogens (tertiary/aromatic N) is 1. The predicted molar refractivity (Wildman–Crippen MR) is 70.5 cm³/mol. The first-order valence-corrected chi connectivity index (χ1v) is 6.37. The smallest absolute Gasteiger partial charge is 0.125 e. The van der Waals surface area contributed by atoms with Gasteiger partial charge in [0.1, 0.15) is 18.1 Å². The molecule has 1 heterocycles. The maximum Gasteiger partial charge on any atom is 0.125 e. The number of methoxy groups -OCH3 is 1. The van der Waals surface area contributed by atoms with E-state index in [1.165, 1.54) is 0 Å². The normalized spacial score (nSPS) is 16.6. The van der Waals surface area contributed by atoms with Gasteiger partial charge >= 0.3 is 0 Å². The van der Waals surface area contributed by atoms with Gasteiger partial charge in [0.2, 0.25) is 0 Å². The molecule has 1 aliphatic heterocycles. The van der Waals surface area contributed by atoms with Crippen molar-refractivity contribution in [3.8, 4) is 11.5 Å². The number of ether oxygens (including phenoxy) is 3. The van der Waals surface area contributed by atoms with Gasteiger partial charge in [0, 0.05) is 25.7 Å². The number of benzene rings is 1. The van der Waals surface area contributed by atoms with Crippen molar-refractivity contribution >= 4 is 0 Å². The van der Waals surface area contributed by atoms with Crippen molar-refractivity contribution in [2.75, 3.05) is 46.6 Å². The van der Waals surface area contributed by atoms with Crippen LogP contribution in [-0.2, 0) is 4.74 Å². The van der Waals surface area contributed by atoms with Crippen molar-refractivity contribution in [2.24, 2.45) is 0 Å². The number of hydrogen-bond acceptors (Lipinski definition) is 4. The molecule has 1 aliphatic rings. The molecule has 0 unspecified atom stereocenters. The summed E-state index contributed by atoms with van der Waals surface area (Å²) in [6.45, 7) is 7.33. The molecule has 4 heteroatoms. The summed E-state index contributed by atoms with van der Waals surface area (Å²) in [4.78, 5) is 2.36. The SMILES string of the molecule is COc1cc(OCCN2CCOCC2)ccc1C. The van der Waals surface area contributed by atoms with Crippen LogP contribution in [0, 0.1) is 6.92 Å². The molecule has 1 aromatic rings. The van der Waals surface area contributed by atoms with Crippen LogP contribution in [0.2, 0.25) is 0 Å². The third-order valence-electron chi connectivity index (χ3n) is 3.16. The second-order valence-electron chi connectivity index (χ2n) is 4.43. The van der Waals surface area contributed by atoms with Crippen LogP contribution in [0.4, 0.5) is 0 Å². The van der Waals surface area contributed by atoms with E-state index in [1.54, 1.807) is 7.11 Å². The van der Waals surface area contributed by atoms with Crippen molar-refractivity contribution in [1.29, 1.82) is 0 Å². The van der Waals surface area contributed by atoms with E-state index in [0.717, 1.165) is 49.9 Å². The maximum atomic E-state index is 5.74. The zero-order valence-electron chi connectivity index (χ0n) is 11.1. The highest BCUT2D eigenvalue weighted by Gasteiger charge is 2.09. The quantitative estimate of drug-likeness (QED) is 0.797. The van der Waals surface area contributed by atoms with Gasteiger partial charge in [-0.3, -0.25) is 4.90 Å². The van der Waals surface area contributed by atoms with E-state index < -0.39 is 0 Å². The number of hydrogen-bond donors (Lipinski definition) is 0. The standard InChI is InChI=1S/C14H21NO3/c1-12-3-4-13(11-14(12)16-2)18-10-7-15-5-8-17-9-6-15/h3-4,11H,5-10H2,1-2H3. The lowest BCUT2D eigenvalue weighted by atomic mass is 10.2. The van der Waals surface area contributed by atoms with Crippen LogP contribution >= 0.6 is 0 Å². The summed E-state index contributed by atoms with van der Waals surface area (Å²) >= 11 is 0. The molecular weight excluding hydrogens is 230 g/mol. The third kappa shape index (κ3) is 3.62. The van der Waals surface area contributed by atoms with Crippen molar-refractivity contribution < 1.29 is 14.2 Å². The largest absolute Gasteiger partial charge is 0.496 e. The van der Waals surface area contributed by atoms with Crippen LogP contribution in [0.15, 0.2) is 18.2 Å². The van der Waals surface area contributed by atoms with Gasteiger partial charge in [-0.2, -0.15) is 0 Å². The molecule has 0 aromatic heterocycles. The molecule has 0 spiro atoms. The van der Waals surface area contributed by atoms with Crippen molar-refractivity contribution in [2.45, 2.75) is 6.92 Å². The lowest BCUT2D eigenvalue weighted by molar-refractivity contribution is 0.0322. The Hall–Kier alpha value is -1.26. The first kappa shape index (κ1) is 13.2. The highest BCUT2D eigenvalue weighted by atomic mass is 16.5. The van der Waals surface area contributed by atoms with Crippen LogP contribution in [0.5, 0.6) is 11.5 Å². The Morgan fingerprint density at radius 3 is 2.78 bits per heavy atom. The van der Waals surface area contributed by atoms with Crippen LogP contribution in [0.3, 0.4) is 0 Å². The van der Waals surface area contributed by atoms with Gasteiger partial charge in [-0.05, 0) is 18.6 Å². The van der Waals surface area contributed by atoms with Gasteiger partial charge < -0.3 is 14.2 Å². The molecule has 0 atom stereocenters. The van der Waals surface area contributed by atoms with Crippen LogP contribution in [0.1, 0.15) is 5.56 Å². The lowest BCUT2D eigenvalue weighted by Crippen LogP contribution is -2.38. The van der Waals surface area contributed by atoms with E-state index in [2.05, 4.69) is 4.90 Å². The van der Waals surface area contributed by atoms with Gasteiger partial charge in [0.15, 0.2) is 0 Å². The topological polar surface area (TPSA) is 30.9 Å². The van der Waals surface area contributed by atoms with Gasteiger partial charge in [-0.25, -0.2) is 0 Å². The van der Waals surface area contributed by atoms with Crippen LogP contribution in [0.25, 0.3) is 0 Å². The minimum atomic E-state index is 0.701. The number of aryl methyl sites for hydroxylation is 1. The van der Waals surface area contributed by atoms with Crippen LogP contribution in [-0.4, -0.2) is 51.5 Å². The van der Waals surface area contributed by atoms with Crippen molar-refractivity contribution in [3.05, 3.63) is 23.8 Å². The predicted octanol–water partition coefficient (Wildman–Crippen LogP) is 1.71. The first-order chi connectivity index (χ1) is 8.79. The fraction of sp³-hybridized carbons (Fsp3) is 0.571. The summed E-state index contributed by atoms with van der Waals surface area (Å²) in [5.74, 6) is 1.74. The average Bonchev–Trinajstić information content (AvgIpc) is 2.42. The van der Waals surface area contributed by atoms with E-state index in [-0.39, 0.29) is 0 Å².